The molecule has 5 nitrogen and oxygen atoms in total. The molecule has 2 rings (SSSR count). The lowest BCUT2D eigenvalue weighted by Crippen LogP contribution is -2.09. The molecule has 0 unspecified atom stereocenters. The van der Waals surface area contributed by atoms with Gasteiger partial charge in [-0.3, -0.25) is 0 Å². The molecule has 0 radical (unpaired) electrons. The lowest BCUT2D eigenvalue weighted by Gasteiger charge is -2.10. The second-order valence-corrected chi connectivity index (χ2v) is 3.29. The number of anilines is 2. The average molecular weight is 243 g/mol. The van der Waals surface area contributed by atoms with E-state index in [0.717, 1.165) is 6.07 Å². The fourth-order valence-corrected chi connectivity index (χ4v) is 1.24. The molecule has 0 spiro atoms. The monoisotopic (exact) mass is 243 g/mol. The van der Waals surface area contributed by atoms with E-state index in [1.165, 1.54) is 19.3 Å². The minimum atomic E-state index is -4.43. The Morgan fingerprint density at radius 1 is 1.29 bits per heavy atom. The topological polar surface area (TPSA) is 66.5 Å². The number of hydrogen-bond acceptors (Lipinski definition) is 4. The quantitative estimate of drug-likeness (QED) is 0.849. The minimum Gasteiger partial charge on any atom is -0.323 e. The van der Waals surface area contributed by atoms with Crippen molar-refractivity contribution < 1.29 is 13.2 Å². The fraction of sp³-hybridized carbons (Fsp3) is 0.222. The summed E-state index contributed by atoms with van der Waals surface area (Å²) >= 11 is 0. The molecule has 2 aromatic heterocycles. The van der Waals surface area contributed by atoms with Crippen molar-refractivity contribution >= 4 is 11.6 Å². The molecular formula is C9H8F3N5. The summed E-state index contributed by atoms with van der Waals surface area (Å²) in [6.45, 7) is 1.48. The van der Waals surface area contributed by atoms with E-state index in [0.29, 0.717) is 11.6 Å². The van der Waals surface area contributed by atoms with Gasteiger partial charge in [0.1, 0.15) is 12.0 Å². The van der Waals surface area contributed by atoms with Crippen LogP contribution in [0.15, 0.2) is 18.5 Å². The molecule has 17 heavy (non-hydrogen) atoms. The Morgan fingerprint density at radius 3 is 2.59 bits per heavy atom. The number of hydrogen-bond donors (Lipinski definition) is 2. The van der Waals surface area contributed by atoms with Crippen molar-refractivity contribution in [2.75, 3.05) is 5.32 Å². The highest BCUT2D eigenvalue weighted by Gasteiger charge is 2.32. The molecule has 0 aliphatic carbocycles. The molecule has 2 N–H and O–H groups in total. The Morgan fingerprint density at radius 2 is 2.06 bits per heavy atom. The first kappa shape index (κ1) is 11.4. The molecule has 90 valence electrons. The van der Waals surface area contributed by atoms with Gasteiger partial charge in [-0.15, -0.1) is 0 Å². The molecule has 0 atom stereocenters. The van der Waals surface area contributed by atoms with Gasteiger partial charge in [-0.1, -0.05) is 0 Å². The number of aryl methyl sites for hydroxylation is 1. The van der Waals surface area contributed by atoms with Crippen LogP contribution < -0.4 is 5.32 Å². The van der Waals surface area contributed by atoms with Crippen LogP contribution in [0.2, 0.25) is 0 Å². The SMILES string of the molecule is Cc1nc(C(F)(F)F)ccc1Nc1ncn[nH]1. The van der Waals surface area contributed by atoms with Crippen molar-refractivity contribution in [2.24, 2.45) is 0 Å². The predicted molar refractivity (Wildman–Crippen MR) is 53.6 cm³/mol. The highest BCUT2D eigenvalue weighted by molar-refractivity contribution is 5.55. The zero-order valence-corrected chi connectivity index (χ0v) is 8.71. The highest BCUT2D eigenvalue weighted by Crippen LogP contribution is 2.29. The maximum Gasteiger partial charge on any atom is 0.433 e. The van der Waals surface area contributed by atoms with Gasteiger partial charge in [0.15, 0.2) is 0 Å². The summed E-state index contributed by atoms with van der Waals surface area (Å²) in [5.74, 6) is 0.342. The van der Waals surface area contributed by atoms with Crippen molar-refractivity contribution in [1.29, 1.82) is 0 Å². The number of aromatic nitrogens is 4. The van der Waals surface area contributed by atoms with E-state index in [1.54, 1.807) is 0 Å². The van der Waals surface area contributed by atoms with Gasteiger partial charge >= 0.3 is 6.18 Å². The van der Waals surface area contributed by atoms with Gasteiger partial charge in [-0.25, -0.2) is 10.1 Å². The van der Waals surface area contributed by atoms with Crippen molar-refractivity contribution in [3.05, 3.63) is 29.8 Å². The van der Waals surface area contributed by atoms with Crippen LogP contribution in [0.5, 0.6) is 0 Å². The summed E-state index contributed by atoms with van der Waals surface area (Å²) in [6, 6.07) is 2.21. The van der Waals surface area contributed by atoms with Gasteiger partial charge in [0, 0.05) is 0 Å². The Hall–Kier alpha value is -2.12. The molecule has 0 aliphatic rings. The van der Waals surface area contributed by atoms with E-state index in [9.17, 15) is 13.2 Å². The first-order valence-corrected chi connectivity index (χ1v) is 4.64. The van der Waals surface area contributed by atoms with Crippen LogP contribution in [-0.4, -0.2) is 20.2 Å². The Balaban J connectivity index is 2.26. The van der Waals surface area contributed by atoms with Crippen LogP contribution in [0.1, 0.15) is 11.4 Å². The maximum atomic E-state index is 12.4. The van der Waals surface area contributed by atoms with Gasteiger partial charge in [0.2, 0.25) is 5.95 Å². The molecule has 0 amide bonds. The van der Waals surface area contributed by atoms with E-state index in [-0.39, 0.29) is 5.69 Å². The minimum absolute atomic E-state index is 0.233. The smallest absolute Gasteiger partial charge is 0.323 e. The molecule has 0 bridgehead atoms. The molecule has 0 saturated carbocycles. The second-order valence-electron chi connectivity index (χ2n) is 3.29. The molecule has 0 saturated heterocycles. The van der Waals surface area contributed by atoms with E-state index in [1.807, 2.05) is 0 Å². The van der Waals surface area contributed by atoms with Crippen LogP contribution in [-0.2, 0) is 6.18 Å². The molecular weight excluding hydrogens is 235 g/mol. The number of pyridine rings is 1. The maximum absolute atomic E-state index is 12.4. The van der Waals surface area contributed by atoms with Crippen LogP contribution in [0.3, 0.4) is 0 Å². The second kappa shape index (κ2) is 4.04. The summed E-state index contributed by atoms with van der Waals surface area (Å²) in [4.78, 5) is 7.27. The van der Waals surface area contributed by atoms with Gasteiger partial charge in [0.05, 0.1) is 11.4 Å². The van der Waals surface area contributed by atoms with Crippen molar-refractivity contribution in [3.8, 4) is 0 Å². The number of H-pyrrole nitrogens is 1. The van der Waals surface area contributed by atoms with Crippen LogP contribution in [0, 0.1) is 6.92 Å². The summed E-state index contributed by atoms with van der Waals surface area (Å²) in [7, 11) is 0. The third-order valence-electron chi connectivity index (χ3n) is 2.04. The van der Waals surface area contributed by atoms with Crippen molar-refractivity contribution in [2.45, 2.75) is 13.1 Å². The summed E-state index contributed by atoms with van der Waals surface area (Å²) in [5, 5.41) is 8.91. The van der Waals surface area contributed by atoms with Gasteiger partial charge in [0.25, 0.3) is 0 Å². The first-order valence-electron chi connectivity index (χ1n) is 4.64. The summed E-state index contributed by atoms with van der Waals surface area (Å²) in [5.41, 5.74) is -0.246. The van der Waals surface area contributed by atoms with Gasteiger partial charge in [-0.2, -0.15) is 23.3 Å². The summed E-state index contributed by atoms with van der Waals surface area (Å²) < 4.78 is 37.1. The Bertz CT molecular complexity index is 506. The average Bonchev–Trinajstić information content (AvgIpc) is 2.72. The van der Waals surface area contributed by atoms with E-state index in [4.69, 9.17) is 0 Å². The van der Waals surface area contributed by atoms with Gasteiger partial charge in [-0.05, 0) is 19.1 Å². The third-order valence-corrected chi connectivity index (χ3v) is 2.04. The fourth-order valence-electron chi connectivity index (χ4n) is 1.24. The highest BCUT2D eigenvalue weighted by atomic mass is 19.4. The van der Waals surface area contributed by atoms with Crippen molar-refractivity contribution in [3.63, 3.8) is 0 Å². The normalized spacial score (nSPS) is 11.5. The van der Waals surface area contributed by atoms with E-state index in [2.05, 4.69) is 25.5 Å². The lowest BCUT2D eigenvalue weighted by atomic mass is 10.2. The number of alkyl halides is 3. The van der Waals surface area contributed by atoms with Crippen LogP contribution >= 0.6 is 0 Å². The number of rotatable bonds is 2. The molecule has 0 aromatic carbocycles. The number of nitrogens with one attached hydrogen (secondary N) is 2. The zero-order valence-electron chi connectivity index (χ0n) is 8.71. The predicted octanol–water partition coefficient (Wildman–Crippen LogP) is 2.27. The molecule has 0 aliphatic heterocycles. The van der Waals surface area contributed by atoms with Crippen LogP contribution in [0.4, 0.5) is 24.8 Å². The molecule has 0 fully saturated rings. The zero-order chi connectivity index (χ0) is 12.5. The number of halogens is 3. The number of aromatic amines is 1. The largest absolute Gasteiger partial charge is 0.433 e. The van der Waals surface area contributed by atoms with Gasteiger partial charge < -0.3 is 5.32 Å². The lowest BCUT2D eigenvalue weighted by molar-refractivity contribution is -0.141. The Labute approximate surface area is 94.1 Å². The molecule has 8 heteroatoms. The number of nitrogens with zero attached hydrogens (tertiary/aromatic N) is 3. The third kappa shape index (κ3) is 2.52. The molecule has 2 heterocycles. The van der Waals surface area contributed by atoms with Crippen LogP contribution in [0.25, 0.3) is 0 Å². The van der Waals surface area contributed by atoms with Crippen molar-refractivity contribution in [1.82, 2.24) is 20.2 Å². The molecule has 2 aromatic rings. The summed E-state index contributed by atoms with van der Waals surface area (Å²) in [6.07, 6.45) is -3.15. The first-order chi connectivity index (χ1) is 7.97. The standard InChI is InChI=1S/C9H8F3N5/c1-5-6(16-8-13-4-14-17-8)2-3-7(15-5)9(10,11)12/h2-4H,1H3,(H2,13,14,16,17). The van der Waals surface area contributed by atoms with E-state index >= 15 is 0 Å². The Kier molecular flexibility index (Phi) is 2.70. The van der Waals surface area contributed by atoms with E-state index < -0.39 is 11.9 Å².